The summed E-state index contributed by atoms with van der Waals surface area (Å²) in [5.74, 6) is 0.245. The van der Waals surface area contributed by atoms with Crippen molar-refractivity contribution in [3.8, 4) is 11.8 Å². The van der Waals surface area contributed by atoms with Gasteiger partial charge in [0.05, 0.1) is 25.2 Å². The van der Waals surface area contributed by atoms with E-state index in [0.29, 0.717) is 24.4 Å². The van der Waals surface area contributed by atoms with Crippen LogP contribution in [0.5, 0.6) is 5.75 Å². The lowest BCUT2D eigenvalue weighted by atomic mass is 10.2. The van der Waals surface area contributed by atoms with Crippen LogP contribution < -0.4 is 10.1 Å². The second-order valence-electron chi connectivity index (χ2n) is 4.13. The maximum Gasteiger partial charge on any atom is 0.306 e. The van der Waals surface area contributed by atoms with Gasteiger partial charge in [-0.05, 0) is 18.2 Å². The number of aliphatic hydroxyl groups is 1. The van der Waals surface area contributed by atoms with Gasteiger partial charge in [0.25, 0.3) is 0 Å². The number of carbonyl (C=O) groups excluding carboxylic acids is 1. The summed E-state index contributed by atoms with van der Waals surface area (Å²) in [5, 5.41) is 21.4. The van der Waals surface area contributed by atoms with Crippen LogP contribution >= 0.6 is 0 Å². The molecule has 1 unspecified atom stereocenters. The van der Waals surface area contributed by atoms with E-state index in [4.69, 9.17) is 10.00 Å². The summed E-state index contributed by atoms with van der Waals surface area (Å²) in [7, 11) is 1.33. The molecule has 0 fully saturated rings. The molecule has 0 aliphatic rings. The van der Waals surface area contributed by atoms with Gasteiger partial charge in [0.1, 0.15) is 18.5 Å². The van der Waals surface area contributed by atoms with E-state index in [1.165, 1.54) is 7.11 Å². The van der Waals surface area contributed by atoms with E-state index in [9.17, 15) is 9.90 Å². The Morgan fingerprint density at radius 2 is 2.35 bits per heavy atom. The van der Waals surface area contributed by atoms with E-state index < -0.39 is 6.10 Å². The first-order valence-corrected chi connectivity index (χ1v) is 6.24. The van der Waals surface area contributed by atoms with Crippen LogP contribution in [0.3, 0.4) is 0 Å². The van der Waals surface area contributed by atoms with Crippen LogP contribution in [0.15, 0.2) is 24.3 Å². The number of nitrogens with zero attached hydrogens (tertiary/aromatic N) is 1. The van der Waals surface area contributed by atoms with Crippen LogP contribution in [-0.2, 0) is 9.53 Å². The predicted octanol–water partition coefficient (Wildman–Crippen LogP) is 0.451. The first-order valence-electron chi connectivity index (χ1n) is 6.24. The fourth-order valence-electron chi connectivity index (χ4n) is 1.47. The number of carbonyl (C=O) groups is 1. The number of nitriles is 1. The summed E-state index contributed by atoms with van der Waals surface area (Å²) >= 11 is 0. The van der Waals surface area contributed by atoms with Crippen LogP contribution in [0.25, 0.3) is 0 Å². The lowest BCUT2D eigenvalue weighted by Crippen LogP contribution is -2.32. The Morgan fingerprint density at radius 3 is 3.05 bits per heavy atom. The molecule has 0 spiro atoms. The summed E-state index contributed by atoms with van der Waals surface area (Å²) in [6, 6.07) is 8.74. The molecular weight excluding hydrogens is 260 g/mol. The van der Waals surface area contributed by atoms with Crippen molar-refractivity contribution in [3.63, 3.8) is 0 Å². The molecule has 6 nitrogen and oxygen atoms in total. The Hall–Kier alpha value is -2.10. The number of methoxy groups -OCH3 is 1. The summed E-state index contributed by atoms with van der Waals surface area (Å²) in [6.07, 6.45) is -0.438. The maximum absolute atomic E-state index is 10.9. The average molecular weight is 278 g/mol. The van der Waals surface area contributed by atoms with Crippen molar-refractivity contribution >= 4 is 5.97 Å². The first-order chi connectivity index (χ1) is 9.65. The molecule has 2 N–H and O–H groups in total. The number of nitrogens with one attached hydrogen (secondary N) is 1. The van der Waals surface area contributed by atoms with Crippen LogP contribution in [-0.4, -0.2) is 44.0 Å². The summed E-state index contributed by atoms with van der Waals surface area (Å²) in [6.45, 7) is 0.864. The van der Waals surface area contributed by atoms with Gasteiger partial charge < -0.3 is 19.9 Å². The smallest absolute Gasteiger partial charge is 0.306 e. The molecule has 1 aromatic carbocycles. The van der Waals surface area contributed by atoms with Gasteiger partial charge in [0.15, 0.2) is 0 Å². The Kier molecular flexibility index (Phi) is 7.11. The quantitative estimate of drug-likeness (QED) is 0.530. The first kappa shape index (κ1) is 16.0. The zero-order valence-electron chi connectivity index (χ0n) is 11.3. The van der Waals surface area contributed by atoms with E-state index in [-0.39, 0.29) is 19.0 Å². The van der Waals surface area contributed by atoms with Gasteiger partial charge in [0, 0.05) is 13.1 Å². The molecule has 6 heteroatoms. The van der Waals surface area contributed by atoms with Gasteiger partial charge in [-0.1, -0.05) is 6.07 Å². The number of ether oxygens (including phenoxy) is 2. The van der Waals surface area contributed by atoms with Crippen molar-refractivity contribution in [2.24, 2.45) is 0 Å². The van der Waals surface area contributed by atoms with Gasteiger partial charge in [0.2, 0.25) is 0 Å². The molecule has 108 valence electrons. The second kappa shape index (κ2) is 8.91. The summed E-state index contributed by atoms with van der Waals surface area (Å²) in [5.41, 5.74) is 0.508. The largest absolute Gasteiger partial charge is 0.491 e. The minimum Gasteiger partial charge on any atom is -0.491 e. The number of rotatable bonds is 8. The molecular formula is C14H18N2O4. The topological polar surface area (TPSA) is 91.6 Å². The minimum atomic E-state index is -0.696. The highest BCUT2D eigenvalue weighted by atomic mass is 16.5. The zero-order valence-corrected chi connectivity index (χ0v) is 11.3. The minimum absolute atomic E-state index is 0.111. The number of hydrogen-bond acceptors (Lipinski definition) is 6. The number of esters is 1. The lowest BCUT2D eigenvalue weighted by Gasteiger charge is -2.13. The van der Waals surface area contributed by atoms with Crippen molar-refractivity contribution in [1.82, 2.24) is 5.32 Å². The van der Waals surface area contributed by atoms with Gasteiger partial charge in [-0.3, -0.25) is 4.79 Å². The van der Waals surface area contributed by atoms with Crippen LogP contribution in [0.2, 0.25) is 0 Å². The normalized spacial score (nSPS) is 11.4. The SMILES string of the molecule is COC(=O)CCNCC(O)COc1cccc(C#N)c1. The maximum atomic E-state index is 10.9. The third-order valence-electron chi connectivity index (χ3n) is 2.52. The highest BCUT2D eigenvalue weighted by Gasteiger charge is 2.06. The van der Waals surface area contributed by atoms with E-state index in [2.05, 4.69) is 10.1 Å². The van der Waals surface area contributed by atoms with E-state index in [1.54, 1.807) is 24.3 Å². The molecule has 20 heavy (non-hydrogen) atoms. The van der Waals surface area contributed by atoms with Crippen molar-refractivity contribution in [2.75, 3.05) is 26.8 Å². The van der Waals surface area contributed by atoms with E-state index in [1.807, 2.05) is 6.07 Å². The molecule has 0 amide bonds. The lowest BCUT2D eigenvalue weighted by molar-refractivity contribution is -0.140. The van der Waals surface area contributed by atoms with E-state index >= 15 is 0 Å². The molecule has 0 aliphatic heterocycles. The molecule has 1 aromatic rings. The number of aliphatic hydroxyl groups excluding tert-OH is 1. The molecule has 1 rings (SSSR count). The standard InChI is InChI=1S/C14H18N2O4/c1-19-14(18)5-6-16-9-12(17)10-20-13-4-2-3-11(7-13)8-15/h2-4,7,12,16-17H,5-6,9-10H2,1H3. The second-order valence-corrected chi connectivity index (χ2v) is 4.13. The summed E-state index contributed by atoms with van der Waals surface area (Å²) in [4.78, 5) is 10.9. The Morgan fingerprint density at radius 1 is 1.55 bits per heavy atom. The average Bonchev–Trinajstić information content (AvgIpc) is 2.49. The van der Waals surface area contributed by atoms with Crippen molar-refractivity contribution < 1.29 is 19.4 Å². The molecule has 0 saturated carbocycles. The van der Waals surface area contributed by atoms with Crippen LogP contribution in [0.4, 0.5) is 0 Å². The zero-order chi connectivity index (χ0) is 14.8. The molecule has 0 aliphatic carbocycles. The Bertz CT molecular complexity index is 470. The third-order valence-corrected chi connectivity index (χ3v) is 2.52. The number of benzene rings is 1. The van der Waals surface area contributed by atoms with Gasteiger partial charge in [-0.15, -0.1) is 0 Å². The summed E-state index contributed by atoms with van der Waals surface area (Å²) < 4.78 is 9.87. The Labute approximate surface area is 117 Å². The highest BCUT2D eigenvalue weighted by molar-refractivity contribution is 5.69. The fourth-order valence-corrected chi connectivity index (χ4v) is 1.47. The third kappa shape index (κ3) is 6.18. The Balaban J connectivity index is 2.21. The molecule has 0 radical (unpaired) electrons. The van der Waals surface area contributed by atoms with Gasteiger partial charge >= 0.3 is 5.97 Å². The van der Waals surface area contributed by atoms with E-state index in [0.717, 1.165) is 0 Å². The monoisotopic (exact) mass is 278 g/mol. The predicted molar refractivity (Wildman–Crippen MR) is 72.2 cm³/mol. The fraction of sp³-hybridized carbons (Fsp3) is 0.429. The molecule has 0 bridgehead atoms. The highest BCUT2D eigenvalue weighted by Crippen LogP contribution is 2.12. The number of hydrogen-bond donors (Lipinski definition) is 2. The van der Waals surface area contributed by atoms with Crippen molar-refractivity contribution in [3.05, 3.63) is 29.8 Å². The molecule has 0 aromatic heterocycles. The molecule has 0 heterocycles. The van der Waals surface area contributed by atoms with Crippen molar-refractivity contribution in [1.29, 1.82) is 5.26 Å². The van der Waals surface area contributed by atoms with Crippen LogP contribution in [0.1, 0.15) is 12.0 Å². The van der Waals surface area contributed by atoms with Crippen LogP contribution in [0, 0.1) is 11.3 Å². The van der Waals surface area contributed by atoms with Gasteiger partial charge in [-0.25, -0.2) is 0 Å². The van der Waals surface area contributed by atoms with Gasteiger partial charge in [-0.2, -0.15) is 5.26 Å². The molecule has 0 saturated heterocycles. The van der Waals surface area contributed by atoms with Crippen molar-refractivity contribution in [2.45, 2.75) is 12.5 Å². The molecule has 1 atom stereocenters.